The van der Waals surface area contributed by atoms with Gasteiger partial charge in [-0.3, -0.25) is 0 Å². The van der Waals surface area contributed by atoms with E-state index >= 15 is 0 Å². The van der Waals surface area contributed by atoms with Gasteiger partial charge in [0.25, 0.3) is 0 Å². The Hall–Kier alpha value is -0.550. The van der Waals surface area contributed by atoms with Gasteiger partial charge in [-0.15, -0.1) is 0 Å². The Morgan fingerprint density at radius 3 is 2.43 bits per heavy atom. The number of hydrogen-bond donors (Lipinski definition) is 0. The lowest BCUT2D eigenvalue weighted by atomic mass is 9.89. The lowest BCUT2D eigenvalue weighted by Gasteiger charge is -2.17. The van der Waals surface area contributed by atoms with Crippen molar-refractivity contribution in [2.45, 2.75) is 46.0 Å². The van der Waals surface area contributed by atoms with E-state index in [0.29, 0.717) is 0 Å². The molecule has 1 fully saturated rings. The van der Waals surface area contributed by atoms with E-state index in [4.69, 9.17) is 5.26 Å². The van der Waals surface area contributed by atoms with Crippen molar-refractivity contribution >= 4 is 0 Å². The number of nitriles is 1. The fourth-order valence-electron chi connectivity index (χ4n) is 1.96. The third kappa shape index (κ3) is 4.11. The summed E-state index contributed by atoms with van der Waals surface area (Å²) in [5, 5.41) is 8.84. The molecule has 1 heterocycles. The van der Waals surface area contributed by atoms with Crippen molar-refractivity contribution in [3.05, 3.63) is 0 Å². The zero-order chi connectivity index (χ0) is 10.4. The van der Waals surface area contributed by atoms with Gasteiger partial charge in [0.05, 0.1) is 11.5 Å². The first-order valence-electron chi connectivity index (χ1n) is 5.78. The zero-order valence-corrected chi connectivity index (χ0v) is 9.55. The molecule has 0 radical (unpaired) electrons. The lowest BCUT2D eigenvalue weighted by Crippen LogP contribution is -2.20. The van der Waals surface area contributed by atoms with Crippen LogP contribution in [0.3, 0.4) is 0 Å². The fourth-order valence-corrected chi connectivity index (χ4v) is 1.96. The molecule has 0 amide bonds. The van der Waals surface area contributed by atoms with Crippen LogP contribution in [0.4, 0.5) is 0 Å². The molecule has 2 heteroatoms. The highest BCUT2D eigenvalue weighted by Crippen LogP contribution is 2.21. The molecule has 80 valence electrons. The molecule has 0 bridgehead atoms. The molecule has 0 aromatic heterocycles. The number of nitrogens with zero attached hydrogens (tertiary/aromatic N) is 2. The standard InChI is InChI=1S/C12H22N2/c1-12(2,11-13)7-3-4-8-14-9-5-6-10-14/h3-10H2,1-2H3. The maximum Gasteiger partial charge on any atom is 0.0683 e. The summed E-state index contributed by atoms with van der Waals surface area (Å²) >= 11 is 0. The van der Waals surface area contributed by atoms with E-state index in [1.807, 2.05) is 13.8 Å². The molecule has 0 aliphatic carbocycles. The maximum absolute atomic E-state index is 8.84. The largest absolute Gasteiger partial charge is 0.303 e. The van der Waals surface area contributed by atoms with E-state index in [9.17, 15) is 0 Å². The molecule has 0 spiro atoms. The monoisotopic (exact) mass is 194 g/mol. The maximum atomic E-state index is 8.84. The Morgan fingerprint density at radius 1 is 1.21 bits per heavy atom. The SMILES string of the molecule is CC(C)(C#N)CCCCN1CCCC1. The van der Waals surface area contributed by atoms with E-state index in [-0.39, 0.29) is 5.41 Å². The van der Waals surface area contributed by atoms with E-state index in [1.165, 1.54) is 45.3 Å². The van der Waals surface area contributed by atoms with Crippen LogP contribution in [0.15, 0.2) is 0 Å². The third-order valence-electron chi connectivity index (χ3n) is 3.03. The van der Waals surface area contributed by atoms with Crippen molar-refractivity contribution in [1.82, 2.24) is 4.90 Å². The van der Waals surface area contributed by atoms with Gasteiger partial charge in [0.1, 0.15) is 0 Å². The highest BCUT2D eigenvalue weighted by molar-refractivity contribution is 4.91. The second kappa shape index (κ2) is 5.36. The molecule has 0 N–H and O–H groups in total. The summed E-state index contributed by atoms with van der Waals surface area (Å²) in [6.45, 7) is 7.89. The molecular weight excluding hydrogens is 172 g/mol. The Balaban J connectivity index is 2.02. The van der Waals surface area contributed by atoms with Crippen LogP contribution >= 0.6 is 0 Å². The highest BCUT2D eigenvalue weighted by atomic mass is 15.1. The molecule has 1 saturated heterocycles. The van der Waals surface area contributed by atoms with Crippen LogP contribution in [-0.4, -0.2) is 24.5 Å². The van der Waals surface area contributed by atoms with Crippen LogP contribution < -0.4 is 0 Å². The fraction of sp³-hybridized carbons (Fsp3) is 0.917. The van der Waals surface area contributed by atoms with Crippen molar-refractivity contribution in [2.75, 3.05) is 19.6 Å². The molecule has 14 heavy (non-hydrogen) atoms. The van der Waals surface area contributed by atoms with Gasteiger partial charge in [0, 0.05) is 0 Å². The van der Waals surface area contributed by atoms with Gasteiger partial charge in [-0.2, -0.15) is 5.26 Å². The number of hydrogen-bond acceptors (Lipinski definition) is 2. The lowest BCUT2D eigenvalue weighted by molar-refractivity contribution is 0.317. The van der Waals surface area contributed by atoms with Crippen LogP contribution in [0, 0.1) is 16.7 Å². The Morgan fingerprint density at radius 2 is 1.86 bits per heavy atom. The minimum atomic E-state index is -0.120. The molecule has 0 aromatic carbocycles. The van der Waals surface area contributed by atoms with Crippen molar-refractivity contribution in [3.63, 3.8) is 0 Å². The summed E-state index contributed by atoms with van der Waals surface area (Å²) in [6, 6.07) is 2.36. The quantitative estimate of drug-likeness (QED) is 0.629. The first kappa shape index (κ1) is 11.5. The molecule has 1 aliphatic rings. The predicted molar refractivity (Wildman–Crippen MR) is 58.9 cm³/mol. The minimum absolute atomic E-state index is 0.120. The van der Waals surface area contributed by atoms with Crippen LogP contribution in [0.5, 0.6) is 0 Å². The van der Waals surface area contributed by atoms with E-state index < -0.39 is 0 Å². The summed E-state index contributed by atoms with van der Waals surface area (Å²) in [5.41, 5.74) is -0.120. The average Bonchev–Trinajstić information content (AvgIpc) is 2.65. The minimum Gasteiger partial charge on any atom is -0.303 e. The van der Waals surface area contributed by atoms with Crippen LogP contribution in [-0.2, 0) is 0 Å². The zero-order valence-electron chi connectivity index (χ0n) is 9.55. The van der Waals surface area contributed by atoms with Gasteiger partial charge in [-0.05, 0) is 59.2 Å². The molecule has 0 unspecified atom stereocenters. The smallest absolute Gasteiger partial charge is 0.0683 e. The van der Waals surface area contributed by atoms with E-state index in [0.717, 1.165) is 6.42 Å². The van der Waals surface area contributed by atoms with Crippen LogP contribution in [0.2, 0.25) is 0 Å². The van der Waals surface area contributed by atoms with Crippen molar-refractivity contribution in [3.8, 4) is 6.07 Å². The van der Waals surface area contributed by atoms with E-state index in [2.05, 4.69) is 11.0 Å². The molecule has 1 aliphatic heterocycles. The summed E-state index contributed by atoms with van der Waals surface area (Å²) in [7, 11) is 0. The molecule has 0 atom stereocenters. The molecule has 0 saturated carbocycles. The van der Waals surface area contributed by atoms with Crippen molar-refractivity contribution in [2.24, 2.45) is 5.41 Å². The van der Waals surface area contributed by atoms with Gasteiger partial charge >= 0.3 is 0 Å². The number of unbranched alkanes of at least 4 members (excludes halogenated alkanes) is 1. The first-order chi connectivity index (χ1) is 6.64. The molecule has 1 rings (SSSR count). The predicted octanol–water partition coefficient (Wildman–Crippen LogP) is 2.80. The molecule has 0 aromatic rings. The van der Waals surface area contributed by atoms with Crippen LogP contribution in [0.25, 0.3) is 0 Å². The van der Waals surface area contributed by atoms with Gasteiger partial charge in [0.15, 0.2) is 0 Å². The van der Waals surface area contributed by atoms with E-state index in [1.54, 1.807) is 0 Å². The third-order valence-corrected chi connectivity index (χ3v) is 3.03. The first-order valence-corrected chi connectivity index (χ1v) is 5.78. The summed E-state index contributed by atoms with van der Waals surface area (Å²) < 4.78 is 0. The Bertz CT molecular complexity index is 197. The van der Waals surface area contributed by atoms with Crippen LogP contribution in [0.1, 0.15) is 46.0 Å². The molecule has 2 nitrogen and oxygen atoms in total. The topological polar surface area (TPSA) is 27.0 Å². The van der Waals surface area contributed by atoms with Crippen molar-refractivity contribution < 1.29 is 0 Å². The summed E-state index contributed by atoms with van der Waals surface area (Å²) in [5.74, 6) is 0. The average molecular weight is 194 g/mol. The van der Waals surface area contributed by atoms with Crippen molar-refractivity contribution in [1.29, 1.82) is 5.26 Å². The van der Waals surface area contributed by atoms with Gasteiger partial charge in [0.2, 0.25) is 0 Å². The molecular formula is C12H22N2. The summed E-state index contributed by atoms with van der Waals surface area (Å²) in [4.78, 5) is 2.54. The second-order valence-corrected chi connectivity index (χ2v) is 5.00. The Labute approximate surface area is 87.9 Å². The summed E-state index contributed by atoms with van der Waals surface area (Å²) in [6.07, 6.45) is 6.24. The number of likely N-dealkylation sites (tertiary alicyclic amines) is 1. The van der Waals surface area contributed by atoms with Gasteiger partial charge in [-0.1, -0.05) is 6.42 Å². The normalized spacial score (nSPS) is 18.4. The Kier molecular flexibility index (Phi) is 4.41. The second-order valence-electron chi connectivity index (χ2n) is 5.00. The van der Waals surface area contributed by atoms with Gasteiger partial charge in [-0.25, -0.2) is 0 Å². The number of rotatable bonds is 5. The highest BCUT2D eigenvalue weighted by Gasteiger charge is 2.16. The van der Waals surface area contributed by atoms with Gasteiger partial charge < -0.3 is 4.90 Å².